The molecule has 21 heavy (non-hydrogen) atoms. The van der Waals surface area contributed by atoms with E-state index >= 15 is 0 Å². The predicted molar refractivity (Wildman–Crippen MR) is 71.3 cm³/mol. The van der Waals surface area contributed by atoms with Gasteiger partial charge in [0.1, 0.15) is 5.82 Å². The van der Waals surface area contributed by atoms with Crippen molar-refractivity contribution in [3.8, 4) is 0 Å². The van der Waals surface area contributed by atoms with Gasteiger partial charge in [0, 0.05) is 11.8 Å². The number of pyridine rings is 1. The minimum atomic E-state index is -4.44. The summed E-state index contributed by atoms with van der Waals surface area (Å²) in [6.07, 6.45) is -3.68. The van der Waals surface area contributed by atoms with Crippen LogP contribution in [-0.2, 0) is 6.18 Å². The molecule has 0 aliphatic heterocycles. The molecule has 1 aromatic heterocycles. The number of halogens is 4. The van der Waals surface area contributed by atoms with E-state index in [1.54, 1.807) is 19.2 Å². The molecule has 0 bridgehead atoms. The maximum absolute atomic E-state index is 13.9. The maximum Gasteiger partial charge on any atom is 0.417 e. The van der Waals surface area contributed by atoms with Gasteiger partial charge in [0.2, 0.25) is 0 Å². The Morgan fingerprint density at radius 2 is 1.86 bits per heavy atom. The molecule has 6 heteroatoms. The highest BCUT2D eigenvalue weighted by molar-refractivity contribution is 5.33. The number of hydrogen-bond donors (Lipinski definition) is 1. The van der Waals surface area contributed by atoms with Gasteiger partial charge in [0.15, 0.2) is 0 Å². The van der Waals surface area contributed by atoms with Crippen molar-refractivity contribution in [2.24, 2.45) is 0 Å². The van der Waals surface area contributed by atoms with E-state index in [0.29, 0.717) is 11.3 Å². The van der Waals surface area contributed by atoms with Gasteiger partial charge in [-0.15, -0.1) is 0 Å². The summed E-state index contributed by atoms with van der Waals surface area (Å²) in [5.41, 5.74) is 0.712. The summed E-state index contributed by atoms with van der Waals surface area (Å²) in [5, 5.41) is 2.88. The van der Waals surface area contributed by atoms with E-state index in [9.17, 15) is 17.6 Å². The Morgan fingerprint density at radius 3 is 2.38 bits per heavy atom. The number of nitrogens with one attached hydrogen (secondary N) is 1. The molecule has 0 radical (unpaired) electrons. The van der Waals surface area contributed by atoms with Crippen LogP contribution in [0.2, 0.25) is 0 Å². The molecule has 0 aliphatic rings. The summed E-state index contributed by atoms with van der Waals surface area (Å²) >= 11 is 0. The van der Waals surface area contributed by atoms with Crippen molar-refractivity contribution in [3.63, 3.8) is 0 Å². The van der Waals surface area contributed by atoms with Gasteiger partial charge >= 0.3 is 6.18 Å². The molecule has 0 amide bonds. The number of benzene rings is 1. The first-order chi connectivity index (χ1) is 9.82. The van der Waals surface area contributed by atoms with E-state index in [1.165, 1.54) is 12.1 Å². The lowest BCUT2D eigenvalue weighted by atomic mass is 10.00. The van der Waals surface area contributed by atoms with E-state index in [1.807, 2.05) is 6.92 Å². The van der Waals surface area contributed by atoms with Gasteiger partial charge in [-0.2, -0.15) is 13.2 Å². The van der Waals surface area contributed by atoms with E-state index in [4.69, 9.17) is 0 Å². The van der Waals surface area contributed by atoms with Crippen molar-refractivity contribution in [2.75, 3.05) is 7.05 Å². The Bertz CT molecular complexity index is 621. The molecule has 2 aromatic rings. The fourth-order valence-corrected chi connectivity index (χ4v) is 2.09. The first-order valence-electron chi connectivity index (χ1n) is 6.29. The Hall–Kier alpha value is -1.95. The van der Waals surface area contributed by atoms with Crippen molar-refractivity contribution in [1.82, 2.24) is 10.3 Å². The van der Waals surface area contributed by atoms with Crippen LogP contribution in [0.15, 0.2) is 36.5 Å². The van der Waals surface area contributed by atoms with E-state index < -0.39 is 23.6 Å². The zero-order valence-corrected chi connectivity index (χ0v) is 11.5. The number of hydrogen-bond acceptors (Lipinski definition) is 2. The molecule has 0 saturated heterocycles. The van der Waals surface area contributed by atoms with Crippen molar-refractivity contribution in [3.05, 3.63) is 64.7 Å². The second-order valence-corrected chi connectivity index (χ2v) is 4.72. The van der Waals surface area contributed by atoms with Crippen molar-refractivity contribution >= 4 is 0 Å². The molecule has 1 aromatic carbocycles. The van der Waals surface area contributed by atoms with Gasteiger partial charge in [0.05, 0.1) is 17.3 Å². The number of aromatic nitrogens is 1. The average molecular weight is 298 g/mol. The van der Waals surface area contributed by atoms with E-state index in [-0.39, 0.29) is 0 Å². The van der Waals surface area contributed by atoms with Gasteiger partial charge in [-0.25, -0.2) is 4.39 Å². The van der Waals surface area contributed by atoms with Gasteiger partial charge in [-0.3, -0.25) is 4.98 Å². The van der Waals surface area contributed by atoms with Crippen LogP contribution in [0.3, 0.4) is 0 Å². The SMILES string of the molecule is CNC(c1ccc(C(F)(F)F)cn1)c1cc(C)ccc1F. The first-order valence-corrected chi connectivity index (χ1v) is 6.29. The molecule has 112 valence electrons. The van der Waals surface area contributed by atoms with Crippen molar-refractivity contribution < 1.29 is 17.6 Å². The Morgan fingerprint density at radius 1 is 1.14 bits per heavy atom. The second-order valence-electron chi connectivity index (χ2n) is 4.72. The molecule has 0 saturated carbocycles. The fourth-order valence-electron chi connectivity index (χ4n) is 2.09. The summed E-state index contributed by atoms with van der Waals surface area (Å²) in [5.74, 6) is -0.429. The number of nitrogens with zero attached hydrogens (tertiary/aromatic N) is 1. The summed E-state index contributed by atoms with van der Waals surface area (Å²) in [7, 11) is 1.60. The van der Waals surface area contributed by atoms with Crippen LogP contribution in [0.5, 0.6) is 0 Å². The highest BCUT2D eigenvalue weighted by atomic mass is 19.4. The maximum atomic E-state index is 13.9. The minimum Gasteiger partial charge on any atom is -0.308 e. The fraction of sp³-hybridized carbons (Fsp3) is 0.267. The van der Waals surface area contributed by atoms with Gasteiger partial charge in [0.25, 0.3) is 0 Å². The Kier molecular flexibility index (Phi) is 4.27. The lowest BCUT2D eigenvalue weighted by molar-refractivity contribution is -0.137. The number of alkyl halides is 3. The van der Waals surface area contributed by atoms with Crippen molar-refractivity contribution in [2.45, 2.75) is 19.1 Å². The topological polar surface area (TPSA) is 24.9 Å². The quantitative estimate of drug-likeness (QED) is 0.870. The predicted octanol–water partition coefficient (Wildman–Crippen LogP) is 3.86. The number of aryl methyl sites for hydroxylation is 1. The van der Waals surface area contributed by atoms with Gasteiger partial charge < -0.3 is 5.32 Å². The van der Waals surface area contributed by atoms with Crippen LogP contribution in [0.25, 0.3) is 0 Å². The van der Waals surface area contributed by atoms with Crippen LogP contribution >= 0.6 is 0 Å². The lowest BCUT2D eigenvalue weighted by Crippen LogP contribution is -2.20. The van der Waals surface area contributed by atoms with Gasteiger partial charge in [-0.1, -0.05) is 17.7 Å². The Balaban J connectivity index is 2.40. The van der Waals surface area contributed by atoms with Gasteiger partial charge in [-0.05, 0) is 32.2 Å². The molecule has 0 fully saturated rings. The molecule has 1 heterocycles. The standard InChI is InChI=1S/C15H14F4N2/c1-9-3-5-12(16)11(7-9)14(20-2)13-6-4-10(8-21-13)15(17,18)19/h3-8,14,20H,1-2H3. The summed E-state index contributed by atoms with van der Waals surface area (Å²) < 4.78 is 51.5. The molecule has 1 N–H and O–H groups in total. The normalized spacial score (nSPS) is 13.2. The highest BCUT2D eigenvalue weighted by Crippen LogP contribution is 2.30. The zero-order chi connectivity index (χ0) is 15.6. The minimum absolute atomic E-state index is 0.329. The van der Waals surface area contributed by atoms with E-state index in [2.05, 4.69) is 10.3 Å². The molecule has 0 aliphatic carbocycles. The molecule has 2 nitrogen and oxygen atoms in total. The van der Waals surface area contributed by atoms with Crippen molar-refractivity contribution in [1.29, 1.82) is 0 Å². The second kappa shape index (κ2) is 5.81. The van der Waals surface area contributed by atoms with Crippen LogP contribution in [0, 0.1) is 12.7 Å². The molecule has 0 spiro atoms. The average Bonchev–Trinajstić information content (AvgIpc) is 2.43. The molecule has 1 unspecified atom stereocenters. The molecular formula is C15H14F4N2. The summed E-state index contributed by atoms with van der Waals surface area (Å²) in [4.78, 5) is 3.81. The lowest BCUT2D eigenvalue weighted by Gasteiger charge is -2.18. The van der Waals surface area contributed by atoms with Crippen LogP contribution in [0.4, 0.5) is 17.6 Å². The molecule has 1 atom stereocenters. The summed E-state index contributed by atoms with van der Waals surface area (Å²) in [6, 6.07) is 6.21. The molecule has 2 rings (SSSR count). The highest BCUT2D eigenvalue weighted by Gasteiger charge is 2.31. The van der Waals surface area contributed by atoms with Crippen LogP contribution < -0.4 is 5.32 Å². The smallest absolute Gasteiger partial charge is 0.308 e. The summed E-state index contributed by atoms with van der Waals surface area (Å²) in [6.45, 7) is 1.82. The third kappa shape index (κ3) is 3.39. The van der Waals surface area contributed by atoms with Crippen LogP contribution in [0.1, 0.15) is 28.4 Å². The van der Waals surface area contributed by atoms with E-state index in [0.717, 1.165) is 17.8 Å². The Labute approximate surface area is 119 Å². The zero-order valence-electron chi connectivity index (χ0n) is 11.5. The largest absolute Gasteiger partial charge is 0.417 e. The third-order valence-corrected chi connectivity index (χ3v) is 3.16. The van der Waals surface area contributed by atoms with Crippen LogP contribution in [-0.4, -0.2) is 12.0 Å². The molecular weight excluding hydrogens is 284 g/mol. The first kappa shape index (κ1) is 15.4. The monoisotopic (exact) mass is 298 g/mol. The third-order valence-electron chi connectivity index (χ3n) is 3.16. The number of rotatable bonds is 3.